The zero-order chi connectivity index (χ0) is 15.6. The van der Waals surface area contributed by atoms with Gasteiger partial charge in [0.05, 0.1) is 11.3 Å². The van der Waals surface area contributed by atoms with Gasteiger partial charge in [-0.1, -0.05) is 28.1 Å². The van der Waals surface area contributed by atoms with Gasteiger partial charge in [0.2, 0.25) is 0 Å². The third-order valence-corrected chi connectivity index (χ3v) is 3.43. The van der Waals surface area contributed by atoms with Crippen molar-refractivity contribution in [3.05, 3.63) is 52.0 Å². The maximum absolute atomic E-state index is 12.2. The van der Waals surface area contributed by atoms with Crippen LogP contribution in [0.25, 0.3) is 0 Å². The first-order valence-corrected chi connectivity index (χ1v) is 7.01. The Labute approximate surface area is 134 Å². The second-order valence-electron chi connectivity index (χ2n) is 4.21. The molecular weight excluding hydrogens is 356 g/mol. The molecule has 0 fully saturated rings. The number of carbonyl (C=O) groups excluding carboxylic acids is 1. The van der Waals surface area contributed by atoms with Gasteiger partial charge < -0.3 is 21.3 Å². The summed E-state index contributed by atoms with van der Waals surface area (Å²) in [6.07, 6.45) is 0. The van der Waals surface area contributed by atoms with Gasteiger partial charge in [0.1, 0.15) is 16.5 Å². The SMILES string of the molecule is NC(=S)c1cc(Br)ccc1NC(=O)c1ccc(O)cc1O. The lowest BCUT2D eigenvalue weighted by atomic mass is 10.1. The molecule has 0 spiro atoms. The highest BCUT2D eigenvalue weighted by Gasteiger charge is 2.14. The van der Waals surface area contributed by atoms with Crippen molar-refractivity contribution in [3.8, 4) is 11.5 Å². The monoisotopic (exact) mass is 366 g/mol. The summed E-state index contributed by atoms with van der Waals surface area (Å²) in [5, 5.41) is 21.5. The quantitative estimate of drug-likeness (QED) is 0.626. The highest BCUT2D eigenvalue weighted by atomic mass is 79.9. The lowest BCUT2D eigenvalue weighted by molar-refractivity contribution is 0.102. The Morgan fingerprint density at radius 2 is 1.86 bits per heavy atom. The summed E-state index contributed by atoms with van der Waals surface area (Å²) < 4.78 is 0.774. The fourth-order valence-electron chi connectivity index (χ4n) is 1.73. The maximum Gasteiger partial charge on any atom is 0.259 e. The largest absolute Gasteiger partial charge is 0.508 e. The van der Waals surface area contributed by atoms with Crippen molar-refractivity contribution >= 4 is 44.7 Å². The topological polar surface area (TPSA) is 95.6 Å². The molecule has 2 aromatic rings. The van der Waals surface area contributed by atoms with Crippen LogP contribution < -0.4 is 11.1 Å². The standard InChI is InChI=1S/C14H11BrN2O3S/c15-7-1-4-11(10(5-7)13(16)21)17-14(20)9-3-2-8(18)6-12(9)19/h1-6,18-19H,(H2,16,21)(H,17,20). The van der Waals surface area contributed by atoms with Gasteiger partial charge in [-0.3, -0.25) is 4.79 Å². The number of hydrogen-bond acceptors (Lipinski definition) is 4. The summed E-state index contributed by atoms with van der Waals surface area (Å²) >= 11 is 8.24. The van der Waals surface area contributed by atoms with Crippen molar-refractivity contribution in [1.29, 1.82) is 0 Å². The number of benzene rings is 2. The predicted molar refractivity (Wildman–Crippen MR) is 87.8 cm³/mol. The number of hydrogen-bond donors (Lipinski definition) is 4. The minimum atomic E-state index is -0.535. The Balaban J connectivity index is 2.34. The van der Waals surface area contributed by atoms with E-state index in [0.29, 0.717) is 11.3 Å². The molecule has 0 saturated carbocycles. The molecule has 0 aliphatic rings. The Morgan fingerprint density at radius 1 is 1.14 bits per heavy atom. The molecule has 2 aromatic carbocycles. The Morgan fingerprint density at radius 3 is 2.48 bits per heavy atom. The second kappa shape index (κ2) is 6.11. The fourth-order valence-corrected chi connectivity index (χ4v) is 2.26. The molecule has 0 aliphatic carbocycles. The van der Waals surface area contributed by atoms with E-state index in [2.05, 4.69) is 21.2 Å². The Bertz CT molecular complexity index is 734. The van der Waals surface area contributed by atoms with Gasteiger partial charge in [0, 0.05) is 16.1 Å². The molecule has 108 valence electrons. The third-order valence-electron chi connectivity index (χ3n) is 2.72. The van der Waals surface area contributed by atoms with Crippen LogP contribution in [-0.2, 0) is 0 Å². The minimum absolute atomic E-state index is 0.0320. The number of phenols is 2. The van der Waals surface area contributed by atoms with Gasteiger partial charge in [0.15, 0.2) is 0 Å². The zero-order valence-corrected chi connectivity index (χ0v) is 13.0. The normalized spacial score (nSPS) is 10.1. The van der Waals surface area contributed by atoms with Gasteiger partial charge in [-0.15, -0.1) is 0 Å². The van der Waals surface area contributed by atoms with Crippen molar-refractivity contribution < 1.29 is 15.0 Å². The van der Waals surface area contributed by atoms with Crippen LogP contribution in [0, 0.1) is 0 Å². The third kappa shape index (κ3) is 3.50. The number of amides is 1. The lowest BCUT2D eigenvalue weighted by Crippen LogP contribution is -2.17. The molecule has 0 atom stereocenters. The highest BCUT2D eigenvalue weighted by molar-refractivity contribution is 9.10. The summed E-state index contributed by atoms with van der Waals surface area (Å²) in [6, 6.07) is 8.78. The highest BCUT2D eigenvalue weighted by Crippen LogP contribution is 2.25. The molecular formula is C14H11BrN2O3S. The molecule has 0 heterocycles. The average molecular weight is 367 g/mol. The summed E-state index contributed by atoms with van der Waals surface area (Å²) in [6.45, 7) is 0. The number of anilines is 1. The lowest BCUT2D eigenvalue weighted by Gasteiger charge is -2.11. The van der Waals surface area contributed by atoms with Gasteiger partial charge in [0.25, 0.3) is 5.91 Å². The van der Waals surface area contributed by atoms with Crippen LogP contribution in [-0.4, -0.2) is 21.1 Å². The summed E-state index contributed by atoms with van der Waals surface area (Å²) in [5.41, 5.74) is 6.60. The molecule has 5 nitrogen and oxygen atoms in total. The van der Waals surface area contributed by atoms with E-state index in [1.807, 2.05) is 0 Å². The predicted octanol–water partition coefficient (Wildman–Crippen LogP) is 2.75. The summed E-state index contributed by atoms with van der Waals surface area (Å²) in [4.78, 5) is 12.3. The van der Waals surface area contributed by atoms with E-state index in [9.17, 15) is 15.0 Å². The average Bonchev–Trinajstić information content (AvgIpc) is 2.40. The maximum atomic E-state index is 12.2. The summed E-state index contributed by atoms with van der Waals surface area (Å²) in [5.74, 6) is -0.981. The number of carbonyl (C=O) groups is 1. The van der Waals surface area contributed by atoms with Gasteiger partial charge in [-0.25, -0.2) is 0 Å². The van der Waals surface area contributed by atoms with Crippen LogP contribution in [0.2, 0.25) is 0 Å². The first-order chi connectivity index (χ1) is 9.88. The van der Waals surface area contributed by atoms with Gasteiger partial charge >= 0.3 is 0 Å². The number of halogens is 1. The molecule has 1 amide bonds. The van der Waals surface area contributed by atoms with E-state index in [0.717, 1.165) is 10.5 Å². The minimum Gasteiger partial charge on any atom is -0.508 e. The second-order valence-corrected chi connectivity index (χ2v) is 5.57. The van der Waals surface area contributed by atoms with E-state index in [-0.39, 0.29) is 22.1 Å². The van der Waals surface area contributed by atoms with Crippen LogP contribution in [0.5, 0.6) is 11.5 Å². The van der Waals surface area contributed by atoms with Crippen molar-refractivity contribution in [2.45, 2.75) is 0 Å². The summed E-state index contributed by atoms with van der Waals surface area (Å²) in [7, 11) is 0. The number of phenolic OH excluding ortho intramolecular Hbond substituents is 2. The molecule has 0 aliphatic heterocycles. The fraction of sp³-hybridized carbons (Fsp3) is 0. The molecule has 2 rings (SSSR count). The zero-order valence-electron chi connectivity index (χ0n) is 10.6. The van der Waals surface area contributed by atoms with E-state index in [1.165, 1.54) is 12.1 Å². The van der Waals surface area contributed by atoms with Crippen molar-refractivity contribution in [1.82, 2.24) is 0 Å². The molecule has 0 bridgehead atoms. The molecule has 0 radical (unpaired) electrons. The van der Waals surface area contributed by atoms with E-state index >= 15 is 0 Å². The van der Waals surface area contributed by atoms with Crippen molar-refractivity contribution in [2.75, 3.05) is 5.32 Å². The molecule has 0 aromatic heterocycles. The Hall–Kier alpha value is -2.12. The van der Waals surface area contributed by atoms with Crippen molar-refractivity contribution in [2.24, 2.45) is 5.73 Å². The van der Waals surface area contributed by atoms with Crippen molar-refractivity contribution in [3.63, 3.8) is 0 Å². The van der Waals surface area contributed by atoms with E-state index < -0.39 is 5.91 Å². The van der Waals surface area contributed by atoms with Crippen LogP contribution in [0.4, 0.5) is 5.69 Å². The van der Waals surface area contributed by atoms with Gasteiger partial charge in [-0.2, -0.15) is 0 Å². The number of aromatic hydroxyl groups is 2. The number of rotatable bonds is 3. The van der Waals surface area contributed by atoms with E-state index in [1.54, 1.807) is 18.2 Å². The molecule has 5 N–H and O–H groups in total. The molecule has 7 heteroatoms. The first-order valence-electron chi connectivity index (χ1n) is 5.81. The number of nitrogens with one attached hydrogen (secondary N) is 1. The van der Waals surface area contributed by atoms with Crippen LogP contribution in [0.1, 0.15) is 15.9 Å². The molecule has 0 saturated heterocycles. The Kier molecular flexibility index (Phi) is 4.44. The van der Waals surface area contributed by atoms with E-state index in [4.69, 9.17) is 18.0 Å². The molecule has 0 unspecified atom stereocenters. The number of nitrogens with two attached hydrogens (primary N) is 1. The number of thiocarbonyl (C=S) groups is 1. The van der Waals surface area contributed by atoms with Gasteiger partial charge in [-0.05, 0) is 30.3 Å². The first kappa shape index (κ1) is 15.3. The smallest absolute Gasteiger partial charge is 0.259 e. The van der Waals surface area contributed by atoms with Crippen LogP contribution in [0.15, 0.2) is 40.9 Å². The van der Waals surface area contributed by atoms with Crippen LogP contribution >= 0.6 is 28.1 Å². The molecule has 21 heavy (non-hydrogen) atoms. The van der Waals surface area contributed by atoms with Crippen LogP contribution in [0.3, 0.4) is 0 Å².